The lowest BCUT2D eigenvalue weighted by atomic mass is 10.0. The van der Waals surface area contributed by atoms with Crippen molar-refractivity contribution < 1.29 is 0 Å². The highest BCUT2D eigenvalue weighted by molar-refractivity contribution is 7.80. The van der Waals surface area contributed by atoms with Crippen LogP contribution in [0.1, 0.15) is 34.6 Å². The van der Waals surface area contributed by atoms with E-state index in [9.17, 15) is 0 Å². The van der Waals surface area contributed by atoms with Crippen molar-refractivity contribution in [2.24, 2.45) is 0 Å². The summed E-state index contributed by atoms with van der Waals surface area (Å²) in [5.74, 6) is 0. The summed E-state index contributed by atoms with van der Waals surface area (Å²) in [6.45, 7) is 2.88. The fourth-order valence-corrected chi connectivity index (χ4v) is 4.67. The van der Waals surface area contributed by atoms with E-state index in [1.165, 1.54) is 22.5 Å². The van der Waals surface area contributed by atoms with Crippen molar-refractivity contribution in [3.05, 3.63) is 120 Å². The van der Waals surface area contributed by atoms with Gasteiger partial charge in [0.25, 0.3) is 0 Å². The monoisotopic (exact) mass is 424 g/mol. The molecule has 4 nitrogen and oxygen atoms in total. The first kappa shape index (κ1) is 19.5. The number of nitrogens with one attached hydrogen (secondary N) is 1. The third-order valence-corrected chi connectivity index (χ3v) is 6.20. The first-order valence-corrected chi connectivity index (χ1v) is 10.9. The number of para-hydroxylation sites is 1. The summed E-state index contributed by atoms with van der Waals surface area (Å²) in [4.78, 5) is 6.94. The van der Waals surface area contributed by atoms with Gasteiger partial charge in [0.15, 0.2) is 5.11 Å². The average Bonchev–Trinajstić information content (AvgIpc) is 3.40. The molecule has 2 atom stereocenters. The molecule has 1 fully saturated rings. The van der Waals surface area contributed by atoms with Crippen molar-refractivity contribution in [1.82, 2.24) is 19.8 Å². The summed E-state index contributed by atoms with van der Waals surface area (Å²) in [5, 5.41) is 4.31. The molecular formula is C26H24N4S. The second kappa shape index (κ2) is 8.36. The van der Waals surface area contributed by atoms with Gasteiger partial charge >= 0.3 is 0 Å². The van der Waals surface area contributed by atoms with E-state index in [1.54, 1.807) is 0 Å². The third kappa shape index (κ3) is 3.73. The zero-order valence-corrected chi connectivity index (χ0v) is 18.2. The minimum absolute atomic E-state index is 0.0113. The van der Waals surface area contributed by atoms with Gasteiger partial charge in [0.1, 0.15) is 0 Å². The van der Waals surface area contributed by atoms with Crippen LogP contribution in [0.3, 0.4) is 0 Å². The van der Waals surface area contributed by atoms with Gasteiger partial charge in [0.2, 0.25) is 0 Å². The van der Waals surface area contributed by atoms with Gasteiger partial charge in [-0.3, -0.25) is 4.98 Å². The Morgan fingerprint density at radius 2 is 1.68 bits per heavy atom. The van der Waals surface area contributed by atoms with E-state index in [4.69, 9.17) is 12.2 Å². The summed E-state index contributed by atoms with van der Waals surface area (Å²) >= 11 is 5.83. The zero-order valence-electron chi connectivity index (χ0n) is 17.3. The maximum absolute atomic E-state index is 5.83. The smallest absolute Gasteiger partial charge is 0.170 e. The van der Waals surface area contributed by atoms with E-state index >= 15 is 0 Å². The van der Waals surface area contributed by atoms with Gasteiger partial charge in [-0.15, -0.1) is 0 Å². The van der Waals surface area contributed by atoms with Crippen LogP contribution in [-0.4, -0.2) is 19.6 Å². The topological polar surface area (TPSA) is 33.1 Å². The maximum atomic E-state index is 5.83. The highest BCUT2D eigenvalue weighted by Gasteiger charge is 2.41. The Hall–Kier alpha value is -3.44. The van der Waals surface area contributed by atoms with Crippen LogP contribution in [0, 0.1) is 6.92 Å². The van der Waals surface area contributed by atoms with Gasteiger partial charge in [0, 0.05) is 30.3 Å². The lowest BCUT2D eigenvalue weighted by Crippen LogP contribution is -2.30. The van der Waals surface area contributed by atoms with E-state index in [0.29, 0.717) is 0 Å². The Morgan fingerprint density at radius 3 is 2.45 bits per heavy atom. The lowest BCUT2D eigenvalue weighted by molar-refractivity contribution is 0.302. The number of nitrogens with zero attached hydrogens (tertiary/aromatic N) is 3. The number of aryl methyl sites for hydroxylation is 1. The molecule has 0 saturated carbocycles. The number of hydrogen-bond donors (Lipinski definition) is 1. The predicted octanol–water partition coefficient (Wildman–Crippen LogP) is 5.35. The van der Waals surface area contributed by atoms with Gasteiger partial charge in [-0.2, -0.15) is 0 Å². The predicted molar refractivity (Wildman–Crippen MR) is 128 cm³/mol. The second-order valence-corrected chi connectivity index (χ2v) is 8.22. The normalized spacial score (nSPS) is 18.2. The molecule has 0 bridgehead atoms. The molecule has 5 heteroatoms. The molecule has 3 heterocycles. The van der Waals surface area contributed by atoms with Crippen LogP contribution in [0.5, 0.6) is 0 Å². The minimum Gasteiger partial charge on any atom is -0.352 e. The van der Waals surface area contributed by atoms with E-state index < -0.39 is 0 Å². The summed E-state index contributed by atoms with van der Waals surface area (Å²) in [6.07, 6.45) is 3.98. The molecule has 0 amide bonds. The van der Waals surface area contributed by atoms with Crippen LogP contribution in [0.2, 0.25) is 0 Å². The highest BCUT2D eigenvalue weighted by atomic mass is 32.1. The van der Waals surface area contributed by atoms with Gasteiger partial charge in [-0.05, 0) is 60.6 Å². The molecule has 0 unspecified atom stereocenters. The first-order chi connectivity index (χ1) is 15.2. The van der Waals surface area contributed by atoms with Gasteiger partial charge in [-0.25, -0.2) is 0 Å². The molecule has 0 aliphatic carbocycles. The zero-order chi connectivity index (χ0) is 21.2. The molecule has 154 valence electrons. The van der Waals surface area contributed by atoms with E-state index in [2.05, 4.69) is 99.6 Å². The Bertz CT molecular complexity index is 1190. The molecule has 0 spiro atoms. The molecule has 1 aliphatic rings. The van der Waals surface area contributed by atoms with Crippen LogP contribution < -0.4 is 5.32 Å². The largest absolute Gasteiger partial charge is 0.352 e. The Labute approximate surface area is 188 Å². The van der Waals surface area contributed by atoms with Gasteiger partial charge < -0.3 is 14.8 Å². The van der Waals surface area contributed by atoms with Crippen LogP contribution in [0.15, 0.2) is 97.3 Å². The molecule has 1 saturated heterocycles. The summed E-state index contributed by atoms with van der Waals surface area (Å²) in [7, 11) is 0. The number of benzene rings is 2. The highest BCUT2D eigenvalue weighted by Crippen LogP contribution is 2.40. The Morgan fingerprint density at radius 1 is 0.903 bits per heavy atom. The number of rotatable bonds is 5. The van der Waals surface area contributed by atoms with Crippen molar-refractivity contribution in [1.29, 1.82) is 0 Å². The van der Waals surface area contributed by atoms with Crippen molar-refractivity contribution in [2.45, 2.75) is 25.6 Å². The second-order valence-electron chi connectivity index (χ2n) is 7.83. The molecule has 31 heavy (non-hydrogen) atoms. The molecule has 0 radical (unpaired) electrons. The molecule has 4 aromatic rings. The molecular weight excluding hydrogens is 400 g/mol. The van der Waals surface area contributed by atoms with E-state index in [1.807, 2.05) is 24.4 Å². The van der Waals surface area contributed by atoms with Crippen molar-refractivity contribution in [2.75, 3.05) is 0 Å². The number of pyridine rings is 1. The summed E-state index contributed by atoms with van der Waals surface area (Å²) in [5.41, 5.74) is 5.82. The van der Waals surface area contributed by atoms with E-state index in [0.717, 1.165) is 17.4 Å². The fourth-order valence-electron chi connectivity index (χ4n) is 4.37. The molecule has 1 N–H and O–H groups in total. The van der Waals surface area contributed by atoms with Crippen LogP contribution in [0.4, 0.5) is 0 Å². The lowest BCUT2D eigenvalue weighted by Gasteiger charge is -2.29. The van der Waals surface area contributed by atoms with Crippen LogP contribution >= 0.6 is 12.2 Å². The number of thiocarbonyl (C=S) groups is 1. The first-order valence-electron chi connectivity index (χ1n) is 10.5. The molecule has 2 aromatic carbocycles. The molecule has 2 aromatic heterocycles. The van der Waals surface area contributed by atoms with Gasteiger partial charge in [-0.1, -0.05) is 54.6 Å². The maximum Gasteiger partial charge on any atom is 0.170 e. The quantitative estimate of drug-likeness (QED) is 0.438. The summed E-state index contributed by atoms with van der Waals surface area (Å²) in [6, 6.07) is 29.3. The SMILES string of the molecule is Cc1ccccc1-n1cccc1[C@H]1[C@@H](c2ccccn2)NC(=S)N1Cc1ccccc1. The van der Waals surface area contributed by atoms with Crippen LogP contribution in [0.25, 0.3) is 5.69 Å². The Kier molecular flexibility index (Phi) is 5.26. The number of hydrogen-bond acceptors (Lipinski definition) is 2. The fraction of sp³-hybridized carbons (Fsp3) is 0.154. The average molecular weight is 425 g/mol. The van der Waals surface area contributed by atoms with Crippen molar-refractivity contribution in [3.63, 3.8) is 0 Å². The summed E-state index contributed by atoms with van der Waals surface area (Å²) < 4.78 is 2.28. The van der Waals surface area contributed by atoms with Crippen LogP contribution in [-0.2, 0) is 6.54 Å². The minimum atomic E-state index is -0.0323. The standard InChI is InChI=1S/C26H24N4S/c1-19-10-5-6-14-22(19)29-17-9-15-23(29)25-24(21-13-7-8-16-27-21)28-26(31)30(25)18-20-11-3-2-4-12-20/h2-17,24-25H,18H2,1H3,(H,28,31)/t24-,25+/m1/s1. The third-order valence-electron chi connectivity index (χ3n) is 5.85. The van der Waals surface area contributed by atoms with E-state index in [-0.39, 0.29) is 12.1 Å². The van der Waals surface area contributed by atoms with Gasteiger partial charge in [0.05, 0.1) is 17.8 Å². The van der Waals surface area contributed by atoms with Crippen molar-refractivity contribution >= 4 is 17.3 Å². The Balaban J connectivity index is 1.62. The van der Waals surface area contributed by atoms with Crippen molar-refractivity contribution in [3.8, 4) is 5.69 Å². The number of aromatic nitrogens is 2. The molecule has 5 rings (SSSR count). The molecule has 1 aliphatic heterocycles.